The molecule has 0 amide bonds. The molecule has 0 unspecified atom stereocenters. The van der Waals surface area contributed by atoms with Gasteiger partial charge in [-0.3, -0.25) is 4.98 Å². The monoisotopic (exact) mass is 253 g/mol. The van der Waals surface area contributed by atoms with Crippen LogP contribution in [-0.4, -0.2) is 18.6 Å². The van der Waals surface area contributed by atoms with Crippen LogP contribution in [-0.2, 0) is 6.42 Å². The number of anilines is 1. The lowest BCUT2D eigenvalue weighted by Gasteiger charge is -2.11. The highest BCUT2D eigenvalue weighted by atomic mass is 16.5. The van der Waals surface area contributed by atoms with Gasteiger partial charge in [0, 0.05) is 30.9 Å². The van der Waals surface area contributed by atoms with Crippen molar-refractivity contribution in [3.63, 3.8) is 0 Å². The number of pyridine rings is 1. The third-order valence-corrected chi connectivity index (χ3v) is 2.75. The maximum absolute atomic E-state index is 8.84. The number of nitrogens with one attached hydrogen (secondary N) is 1. The number of rotatable bonds is 5. The third kappa shape index (κ3) is 3.46. The van der Waals surface area contributed by atoms with Gasteiger partial charge in [-0.2, -0.15) is 5.26 Å². The van der Waals surface area contributed by atoms with Crippen molar-refractivity contribution < 1.29 is 4.74 Å². The van der Waals surface area contributed by atoms with Gasteiger partial charge in [-0.25, -0.2) is 0 Å². The average Bonchev–Trinajstić information content (AvgIpc) is 2.48. The van der Waals surface area contributed by atoms with E-state index in [1.54, 1.807) is 25.4 Å². The van der Waals surface area contributed by atoms with Crippen molar-refractivity contribution in [3.8, 4) is 11.8 Å². The Balaban J connectivity index is 1.98. The minimum Gasteiger partial charge on any atom is -0.495 e. The quantitative estimate of drug-likeness (QED) is 0.889. The summed E-state index contributed by atoms with van der Waals surface area (Å²) in [6, 6.07) is 13.3. The first kappa shape index (κ1) is 12.9. The van der Waals surface area contributed by atoms with E-state index < -0.39 is 0 Å². The lowest BCUT2D eigenvalue weighted by atomic mass is 10.2. The molecule has 4 nitrogen and oxygen atoms in total. The van der Waals surface area contributed by atoms with Gasteiger partial charge in [0.15, 0.2) is 0 Å². The number of hydrogen-bond donors (Lipinski definition) is 1. The molecule has 2 rings (SSSR count). The molecule has 1 aromatic carbocycles. The molecular weight excluding hydrogens is 238 g/mol. The van der Waals surface area contributed by atoms with E-state index in [4.69, 9.17) is 10.00 Å². The summed E-state index contributed by atoms with van der Waals surface area (Å²) in [5, 5.41) is 12.1. The summed E-state index contributed by atoms with van der Waals surface area (Å²) in [5.74, 6) is 0.681. The number of nitriles is 1. The maximum Gasteiger partial charge on any atom is 0.143 e. The minimum atomic E-state index is 0.590. The molecule has 1 aromatic heterocycles. The first-order valence-electron chi connectivity index (χ1n) is 6.05. The first-order chi connectivity index (χ1) is 9.33. The third-order valence-electron chi connectivity index (χ3n) is 2.75. The predicted molar refractivity (Wildman–Crippen MR) is 74.1 cm³/mol. The molecule has 0 saturated heterocycles. The van der Waals surface area contributed by atoms with Gasteiger partial charge in [0.05, 0.1) is 24.4 Å². The molecule has 0 aliphatic heterocycles. The number of hydrogen-bond acceptors (Lipinski definition) is 4. The second kappa shape index (κ2) is 6.41. The van der Waals surface area contributed by atoms with Gasteiger partial charge < -0.3 is 10.1 Å². The average molecular weight is 253 g/mol. The van der Waals surface area contributed by atoms with Crippen molar-refractivity contribution >= 4 is 5.69 Å². The lowest BCUT2D eigenvalue weighted by Crippen LogP contribution is -2.07. The SMILES string of the molecule is COc1cc(C#N)ccc1NCCc1ccccn1. The van der Waals surface area contributed by atoms with Crippen molar-refractivity contribution in [2.75, 3.05) is 19.0 Å². The lowest BCUT2D eigenvalue weighted by molar-refractivity contribution is 0.416. The van der Waals surface area contributed by atoms with Crippen LogP contribution in [0.25, 0.3) is 0 Å². The van der Waals surface area contributed by atoms with E-state index in [0.29, 0.717) is 11.3 Å². The molecule has 0 bridgehead atoms. The molecule has 0 fully saturated rings. The maximum atomic E-state index is 8.84. The van der Waals surface area contributed by atoms with E-state index >= 15 is 0 Å². The Hall–Kier alpha value is -2.54. The molecule has 1 N–H and O–H groups in total. The van der Waals surface area contributed by atoms with Gasteiger partial charge in [0.2, 0.25) is 0 Å². The van der Waals surface area contributed by atoms with Crippen LogP contribution in [0.3, 0.4) is 0 Å². The van der Waals surface area contributed by atoms with Gasteiger partial charge in [-0.1, -0.05) is 6.07 Å². The number of methoxy groups -OCH3 is 1. The smallest absolute Gasteiger partial charge is 0.143 e. The molecule has 0 aliphatic rings. The van der Waals surface area contributed by atoms with Crippen molar-refractivity contribution in [2.45, 2.75) is 6.42 Å². The standard InChI is InChI=1S/C15H15N3O/c1-19-15-10-12(11-16)5-6-14(15)18-9-7-13-4-2-3-8-17-13/h2-6,8,10,18H,7,9H2,1H3. The Kier molecular flexibility index (Phi) is 4.35. The Bertz CT molecular complexity index is 576. The molecular formula is C15H15N3O. The van der Waals surface area contributed by atoms with Gasteiger partial charge in [0.25, 0.3) is 0 Å². The molecule has 0 spiro atoms. The van der Waals surface area contributed by atoms with E-state index in [1.165, 1.54) is 0 Å². The van der Waals surface area contributed by atoms with Gasteiger partial charge in [0.1, 0.15) is 5.75 Å². The topological polar surface area (TPSA) is 57.9 Å². The summed E-state index contributed by atoms with van der Waals surface area (Å²) in [4.78, 5) is 4.27. The molecule has 0 aliphatic carbocycles. The molecule has 0 atom stereocenters. The zero-order valence-corrected chi connectivity index (χ0v) is 10.8. The largest absolute Gasteiger partial charge is 0.495 e. The molecule has 1 heterocycles. The number of benzene rings is 1. The fraction of sp³-hybridized carbons (Fsp3) is 0.200. The van der Waals surface area contributed by atoms with Gasteiger partial charge >= 0.3 is 0 Å². The van der Waals surface area contributed by atoms with Crippen LogP contribution >= 0.6 is 0 Å². The van der Waals surface area contributed by atoms with E-state index in [1.807, 2.05) is 24.3 Å². The van der Waals surface area contributed by atoms with Crippen LogP contribution in [0.2, 0.25) is 0 Å². The van der Waals surface area contributed by atoms with Gasteiger partial charge in [-0.15, -0.1) is 0 Å². The van der Waals surface area contributed by atoms with Crippen LogP contribution in [0.5, 0.6) is 5.75 Å². The van der Waals surface area contributed by atoms with E-state index in [2.05, 4.69) is 16.4 Å². The van der Waals surface area contributed by atoms with Crippen molar-refractivity contribution in [2.24, 2.45) is 0 Å². The zero-order chi connectivity index (χ0) is 13.5. The van der Waals surface area contributed by atoms with Crippen molar-refractivity contribution in [3.05, 3.63) is 53.9 Å². The zero-order valence-electron chi connectivity index (χ0n) is 10.8. The fourth-order valence-electron chi connectivity index (χ4n) is 1.78. The summed E-state index contributed by atoms with van der Waals surface area (Å²) >= 11 is 0. The highest BCUT2D eigenvalue weighted by Gasteiger charge is 2.03. The fourth-order valence-corrected chi connectivity index (χ4v) is 1.78. The first-order valence-corrected chi connectivity index (χ1v) is 6.05. The Morgan fingerprint density at radius 1 is 1.32 bits per heavy atom. The van der Waals surface area contributed by atoms with Crippen LogP contribution in [0.4, 0.5) is 5.69 Å². The summed E-state index contributed by atoms with van der Waals surface area (Å²) in [6.45, 7) is 0.763. The number of ether oxygens (including phenoxy) is 1. The summed E-state index contributed by atoms with van der Waals surface area (Å²) in [6.07, 6.45) is 2.63. The second-order valence-corrected chi connectivity index (χ2v) is 4.02. The molecule has 0 saturated carbocycles. The van der Waals surface area contributed by atoms with Crippen molar-refractivity contribution in [1.82, 2.24) is 4.98 Å². The second-order valence-electron chi connectivity index (χ2n) is 4.02. The Morgan fingerprint density at radius 2 is 2.21 bits per heavy atom. The van der Waals surface area contributed by atoms with E-state index in [0.717, 1.165) is 24.3 Å². The van der Waals surface area contributed by atoms with Gasteiger partial charge in [-0.05, 0) is 24.3 Å². The molecule has 19 heavy (non-hydrogen) atoms. The Morgan fingerprint density at radius 3 is 2.89 bits per heavy atom. The number of aromatic nitrogens is 1. The minimum absolute atomic E-state index is 0.590. The summed E-state index contributed by atoms with van der Waals surface area (Å²) in [7, 11) is 1.60. The molecule has 96 valence electrons. The Labute approximate surface area is 112 Å². The molecule has 2 aromatic rings. The normalized spacial score (nSPS) is 9.68. The van der Waals surface area contributed by atoms with E-state index in [-0.39, 0.29) is 0 Å². The predicted octanol–water partition coefficient (Wildman–Crippen LogP) is 2.62. The highest BCUT2D eigenvalue weighted by molar-refractivity contribution is 5.59. The van der Waals surface area contributed by atoms with Crippen molar-refractivity contribution in [1.29, 1.82) is 5.26 Å². The summed E-state index contributed by atoms with van der Waals surface area (Å²) in [5.41, 5.74) is 2.52. The van der Waals surface area contributed by atoms with Crippen LogP contribution in [0.1, 0.15) is 11.3 Å². The van der Waals surface area contributed by atoms with Crippen LogP contribution in [0, 0.1) is 11.3 Å². The molecule has 4 heteroatoms. The van der Waals surface area contributed by atoms with Crippen LogP contribution < -0.4 is 10.1 Å². The highest BCUT2D eigenvalue weighted by Crippen LogP contribution is 2.25. The number of nitrogens with zero attached hydrogens (tertiary/aromatic N) is 2. The van der Waals surface area contributed by atoms with Crippen LogP contribution in [0.15, 0.2) is 42.6 Å². The summed E-state index contributed by atoms with van der Waals surface area (Å²) < 4.78 is 5.26. The van der Waals surface area contributed by atoms with E-state index in [9.17, 15) is 0 Å². The molecule has 0 radical (unpaired) electrons.